The Morgan fingerprint density at radius 1 is 1.38 bits per heavy atom. The zero-order chi connectivity index (χ0) is 17.8. The minimum Gasteiger partial charge on any atom is -0.487 e. The second-order valence-corrected chi connectivity index (χ2v) is 6.33. The van der Waals surface area contributed by atoms with Gasteiger partial charge in [0.2, 0.25) is 5.91 Å². The van der Waals surface area contributed by atoms with Crippen LogP contribution < -0.4 is 15.4 Å². The van der Waals surface area contributed by atoms with Crippen LogP contribution in [-0.2, 0) is 11.8 Å². The molecule has 0 spiro atoms. The van der Waals surface area contributed by atoms with Gasteiger partial charge in [-0.1, -0.05) is 0 Å². The van der Waals surface area contributed by atoms with Crippen LogP contribution in [0.3, 0.4) is 0 Å². The zero-order valence-electron chi connectivity index (χ0n) is 14.9. The maximum Gasteiger partial charge on any atom is 0.246 e. The predicted octanol–water partition coefficient (Wildman–Crippen LogP) is 3.20. The summed E-state index contributed by atoms with van der Waals surface area (Å²) in [7, 11) is 3.48. The summed E-state index contributed by atoms with van der Waals surface area (Å²) in [6, 6.07) is 3.95. The molecule has 1 saturated carbocycles. The van der Waals surface area contributed by atoms with Gasteiger partial charge >= 0.3 is 0 Å². The zero-order valence-corrected chi connectivity index (χ0v) is 15.7. The number of anilines is 1. The van der Waals surface area contributed by atoms with Gasteiger partial charge in [-0.15, -0.1) is 12.4 Å². The lowest BCUT2D eigenvalue weighted by atomic mass is 10.1. The molecular weight excluding hydrogens is 359 g/mol. The lowest BCUT2D eigenvalue weighted by molar-refractivity contribution is -0.118. The van der Waals surface area contributed by atoms with Crippen molar-refractivity contribution in [1.29, 1.82) is 0 Å². The molecule has 1 amide bonds. The van der Waals surface area contributed by atoms with Crippen molar-refractivity contribution in [3.63, 3.8) is 0 Å². The van der Waals surface area contributed by atoms with Crippen LogP contribution in [-0.4, -0.2) is 28.8 Å². The predicted molar refractivity (Wildman–Crippen MR) is 100 cm³/mol. The van der Waals surface area contributed by atoms with Gasteiger partial charge in [0.15, 0.2) is 11.6 Å². The first kappa shape index (κ1) is 20.2. The van der Waals surface area contributed by atoms with E-state index in [1.807, 2.05) is 0 Å². The molecule has 1 atom stereocenters. The van der Waals surface area contributed by atoms with Gasteiger partial charge < -0.3 is 15.4 Å². The highest BCUT2D eigenvalue weighted by atomic mass is 35.5. The molecule has 8 heteroatoms. The summed E-state index contributed by atoms with van der Waals surface area (Å²) < 4.78 is 21.6. The number of aryl methyl sites for hydroxylation is 1. The third-order valence-electron chi connectivity index (χ3n) is 4.40. The molecule has 0 bridgehead atoms. The Morgan fingerprint density at radius 3 is 2.69 bits per heavy atom. The second-order valence-electron chi connectivity index (χ2n) is 6.33. The summed E-state index contributed by atoms with van der Waals surface area (Å²) >= 11 is 0. The number of carbonyl (C=O) groups excluding carboxylic acids is 1. The lowest BCUT2D eigenvalue weighted by Crippen LogP contribution is -2.30. The molecule has 0 radical (unpaired) electrons. The van der Waals surface area contributed by atoms with E-state index in [9.17, 15) is 9.18 Å². The number of ether oxygens (including phenoxy) is 1. The number of hydrogen-bond acceptors (Lipinski definition) is 4. The Morgan fingerprint density at radius 2 is 2.12 bits per heavy atom. The summed E-state index contributed by atoms with van der Waals surface area (Å²) in [6.45, 7) is 0. The van der Waals surface area contributed by atoms with Gasteiger partial charge in [-0.3, -0.25) is 9.48 Å². The normalized spacial score (nSPS) is 15.3. The van der Waals surface area contributed by atoms with E-state index in [4.69, 9.17) is 4.74 Å². The maximum atomic E-state index is 14.3. The summed E-state index contributed by atoms with van der Waals surface area (Å²) in [4.78, 5) is 12.5. The molecule has 1 heterocycles. The van der Waals surface area contributed by atoms with Gasteiger partial charge in [0, 0.05) is 30.6 Å². The monoisotopic (exact) mass is 382 g/mol. The summed E-state index contributed by atoms with van der Waals surface area (Å²) in [5.74, 6) is -0.506. The Bertz CT molecular complexity index is 747. The van der Waals surface area contributed by atoms with Crippen LogP contribution in [0.1, 0.15) is 37.3 Å². The summed E-state index contributed by atoms with van der Waals surface area (Å²) in [5, 5.41) is 9.74. The average Bonchev–Trinajstić information content (AvgIpc) is 3.23. The van der Waals surface area contributed by atoms with Gasteiger partial charge in [0.25, 0.3) is 0 Å². The second kappa shape index (κ2) is 9.00. The van der Waals surface area contributed by atoms with Crippen LogP contribution in [0.4, 0.5) is 10.1 Å². The number of halogens is 2. The van der Waals surface area contributed by atoms with Crippen LogP contribution in [0.15, 0.2) is 30.6 Å². The van der Waals surface area contributed by atoms with Crippen molar-refractivity contribution in [2.75, 3.05) is 12.4 Å². The number of amides is 1. The van der Waals surface area contributed by atoms with E-state index in [1.165, 1.54) is 6.07 Å². The molecular formula is C18H24ClFN4O2. The molecule has 1 aliphatic carbocycles. The van der Waals surface area contributed by atoms with E-state index >= 15 is 0 Å². The Kier molecular flexibility index (Phi) is 6.99. The summed E-state index contributed by atoms with van der Waals surface area (Å²) in [5.41, 5.74) is 1.13. The van der Waals surface area contributed by atoms with Gasteiger partial charge in [-0.25, -0.2) is 4.39 Å². The van der Waals surface area contributed by atoms with E-state index < -0.39 is 11.9 Å². The van der Waals surface area contributed by atoms with E-state index in [1.54, 1.807) is 43.3 Å². The topological polar surface area (TPSA) is 68.2 Å². The highest BCUT2D eigenvalue weighted by molar-refractivity contribution is 5.95. The Hall–Kier alpha value is -2.12. The number of carbonyl (C=O) groups is 1. The quantitative estimate of drug-likeness (QED) is 0.805. The van der Waals surface area contributed by atoms with E-state index in [0.717, 1.165) is 31.2 Å². The highest BCUT2D eigenvalue weighted by Crippen LogP contribution is 2.28. The van der Waals surface area contributed by atoms with Crippen LogP contribution in [0.5, 0.6) is 5.75 Å². The number of nitrogens with one attached hydrogen (secondary N) is 2. The molecule has 142 valence electrons. The number of hydrogen-bond donors (Lipinski definition) is 2. The van der Waals surface area contributed by atoms with Crippen molar-refractivity contribution in [3.05, 3.63) is 42.0 Å². The molecule has 0 saturated heterocycles. The minimum absolute atomic E-state index is 0. The maximum absolute atomic E-state index is 14.3. The highest BCUT2D eigenvalue weighted by Gasteiger charge is 2.21. The molecule has 6 nitrogen and oxygen atoms in total. The van der Waals surface area contributed by atoms with Crippen molar-refractivity contribution in [1.82, 2.24) is 15.1 Å². The smallest absolute Gasteiger partial charge is 0.246 e. The van der Waals surface area contributed by atoms with Crippen LogP contribution in [0.25, 0.3) is 0 Å². The third-order valence-corrected chi connectivity index (χ3v) is 4.40. The fraction of sp³-hybridized carbons (Fsp3) is 0.444. The molecule has 3 rings (SSSR count). The molecule has 1 aromatic heterocycles. The standard InChI is InChI=1S/C18H23FN4O2.ClH/c1-20-17(12-10-21-23(2)11-12)18(24)22-13-7-8-16(15(19)9-13)25-14-5-3-4-6-14;/h7-11,14,17,20H,3-6H2,1-2H3,(H,22,24);1H. The fourth-order valence-electron chi connectivity index (χ4n) is 3.11. The Labute approximate surface area is 158 Å². The van der Waals surface area contributed by atoms with Crippen molar-refractivity contribution in [2.45, 2.75) is 37.8 Å². The number of likely N-dealkylation sites (N-methyl/N-ethyl adjacent to an activating group) is 1. The Balaban J connectivity index is 0.00000243. The SMILES string of the molecule is CNC(C(=O)Nc1ccc(OC2CCCC2)c(F)c1)c1cnn(C)c1.Cl. The first-order valence-electron chi connectivity index (χ1n) is 8.49. The molecule has 26 heavy (non-hydrogen) atoms. The van der Waals surface area contributed by atoms with Gasteiger partial charge in [0.05, 0.1) is 12.3 Å². The van der Waals surface area contributed by atoms with Gasteiger partial charge in [0.1, 0.15) is 6.04 Å². The molecule has 1 aromatic carbocycles. The van der Waals surface area contributed by atoms with Crippen LogP contribution >= 0.6 is 12.4 Å². The van der Waals surface area contributed by atoms with Crippen molar-refractivity contribution in [3.8, 4) is 5.75 Å². The number of benzene rings is 1. The van der Waals surface area contributed by atoms with Gasteiger partial charge in [-0.05, 0) is 44.9 Å². The third kappa shape index (κ3) is 4.74. The molecule has 2 N–H and O–H groups in total. The minimum atomic E-state index is -0.564. The average molecular weight is 383 g/mol. The number of aromatic nitrogens is 2. The molecule has 2 aromatic rings. The summed E-state index contributed by atoms with van der Waals surface area (Å²) in [6.07, 6.45) is 7.66. The largest absolute Gasteiger partial charge is 0.487 e. The molecule has 1 fully saturated rings. The molecule has 1 aliphatic rings. The van der Waals surface area contributed by atoms with Crippen LogP contribution in [0, 0.1) is 5.82 Å². The van der Waals surface area contributed by atoms with Crippen molar-refractivity contribution in [2.24, 2.45) is 7.05 Å². The van der Waals surface area contributed by atoms with Crippen LogP contribution in [0.2, 0.25) is 0 Å². The van der Waals surface area contributed by atoms with Gasteiger partial charge in [-0.2, -0.15) is 5.10 Å². The number of nitrogens with zero attached hydrogens (tertiary/aromatic N) is 2. The van der Waals surface area contributed by atoms with Crippen molar-refractivity contribution < 1.29 is 13.9 Å². The molecule has 1 unspecified atom stereocenters. The fourth-order valence-corrected chi connectivity index (χ4v) is 3.11. The van der Waals surface area contributed by atoms with E-state index in [-0.39, 0.29) is 30.2 Å². The number of rotatable bonds is 6. The van der Waals surface area contributed by atoms with Crippen molar-refractivity contribution >= 4 is 24.0 Å². The first-order valence-corrected chi connectivity index (χ1v) is 8.49. The van der Waals surface area contributed by atoms with E-state index in [0.29, 0.717) is 5.69 Å². The lowest BCUT2D eigenvalue weighted by Gasteiger charge is -2.16. The molecule has 0 aliphatic heterocycles. The van der Waals surface area contributed by atoms with E-state index in [2.05, 4.69) is 15.7 Å². The first-order chi connectivity index (χ1) is 12.1.